The number of amides is 2. The first-order valence-corrected chi connectivity index (χ1v) is 13.6. The van der Waals surface area contributed by atoms with Crippen LogP contribution in [-0.4, -0.2) is 79.4 Å². The second-order valence-electron chi connectivity index (χ2n) is 7.50. The van der Waals surface area contributed by atoms with Crippen molar-refractivity contribution >= 4 is 44.9 Å². The summed E-state index contributed by atoms with van der Waals surface area (Å²) in [6.45, 7) is 2.87. The minimum Gasteiger partial charge on any atom is -0.342 e. The van der Waals surface area contributed by atoms with Gasteiger partial charge in [0.25, 0.3) is 15.9 Å². The predicted molar refractivity (Wildman–Crippen MR) is 122 cm³/mol. The van der Waals surface area contributed by atoms with Crippen LogP contribution in [0.3, 0.4) is 0 Å². The molecule has 7 nitrogen and oxygen atoms in total. The molecule has 0 saturated carbocycles. The predicted octanol–water partition coefficient (Wildman–Crippen LogP) is 2.61. The lowest BCUT2D eigenvalue weighted by atomic mass is 10.2. The van der Waals surface area contributed by atoms with E-state index in [1.165, 1.54) is 27.4 Å². The summed E-state index contributed by atoms with van der Waals surface area (Å²) in [5, 5.41) is 1.75. The minimum absolute atomic E-state index is 0.108. The van der Waals surface area contributed by atoms with Crippen molar-refractivity contribution < 1.29 is 18.0 Å². The maximum absolute atomic E-state index is 13.2. The van der Waals surface area contributed by atoms with Gasteiger partial charge in [-0.2, -0.15) is 4.31 Å². The highest BCUT2D eigenvalue weighted by Crippen LogP contribution is 2.26. The van der Waals surface area contributed by atoms with Crippen LogP contribution in [0.25, 0.3) is 0 Å². The molecule has 1 aromatic carbocycles. The van der Waals surface area contributed by atoms with Crippen molar-refractivity contribution in [1.82, 2.24) is 14.1 Å². The monoisotopic (exact) mass is 479 g/mol. The average Bonchev–Trinajstić information content (AvgIpc) is 3.52. The van der Waals surface area contributed by atoms with Crippen LogP contribution in [0.5, 0.6) is 0 Å². The second kappa shape index (κ2) is 9.72. The normalized spacial score (nSPS) is 17.8. The first-order valence-electron chi connectivity index (χ1n) is 10.3. The number of thioether (sulfide) groups is 1. The Labute approximate surface area is 191 Å². The molecule has 10 heteroatoms. The Morgan fingerprint density at radius 3 is 2.29 bits per heavy atom. The molecule has 2 aliphatic heterocycles. The SMILES string of the molecule is O=C(CSc1ccccc1C(=O)N1CCN(S(=O)(=O)c2cccs2)CC1)N1CCCC1. The number of hydrogen-bond donors (Lipinski definition) is 0. The molecule has 0 atom stereocenters. The molecule has 2 aromatic rings. The first-order chi connectivity index (χ1) is 15.0. The molecule has 166 valence electrons. The van der Waals surface area contributed by atoms with Gasteiger partial charge in [-0.1, -0.05) is 18.2 Å². The van der Waals surface area contributed by atoms with E-state index in [2.05, 4.69) is 0 Å². The van der Waals surface area contributed by atoms with Crippen LogP contribution in [0.15, 0.2) is 50.9 Å². The fourth-order valence-corrected chi connectivity index (χ4v) is 7.32. The lowest BCUT2D eigenvalue weighted by Gasteiger charge is -2.34. The molecule has 2 fully saturated rings. The zero-order valence-electron chi connectivity index (χ0n) is 17.1. The van der Waals surface area contributed by atoms with E-state index < -0.39 is 10.0 Å². The van der Waals surface area contributed by atoms with Gasteiger partial charge in [0.2, 0.25) is 5.91 Å². The molecule has 0 spiro atoms. The molecule has 2 aliphatic rings. The standard InChI is InChI=1S/C21H25N3O4S3/c25-19(22-9-3-4-10-22)16-30-18-7-2-1-6-17(18)21(26)23-11-13-24(14-12-23)31(27,28)20-8-5-15-29-20/h1-2,5-8,15H,3-4,9-14,16H2. The van der Waals surface area contributed by atoms with Crippen LogP contribution >= 0.6 is 23.1 Å². The van der Waals surface area contributed by atoms with Crippen LogP contribution < -0.4 is 0 Å². The molecule has 2 saturated heterocycles. The summed E-state index contributed by atoms with van der Waals surface area (Å²) in [4.78, 5) is 29.9. The Hall–Kier alpha value is -1.88. The summed E-state index contributed by atoms with van der Waals surface area (Å²) in [6.07, 6.45) is 2.11. The lowest BCUT2D eigenvalue weighted by molar-refractivity contribution is -0.127. The second-order valence-corrected chi connectivity index (χ2v) is 11.6. The highest BCUT2D eigenvalue weighted by Gasteiger charge is 2.31. The number of carbonyl (C=O) groups excluding carboxylic acids is 2. The lowest BCUT2D eigenvalue weighted by Crippen LogP contribution is -2.50. The fourth-order valence-electron chi connectivity index (χ4n) is 3.81. The van der Waals surface area contributed by atoms with Crippen LogP contribution in [0.2, 0.25) is 0 Å². The van der Waals surface area contributed by atoms with Crippen molar-refractivity contribution in [2.75, 3.05) is 45.0 Å². The third kappa shape index (κ3) is 4.97. The summed E-state index contributed by atoms with van der Waals surface area (Å²) < 4.78 is 27.2. The maximum atomic E-state index is 13.2. The Bertz CT molecular complexity index is 1030. The number of piperazine rings is 1. The van der Waals surface area contributed by atoms with Crippen molar-refractivity contribution in [3.8, 4) is 0 Å². The van der Waals surface area contributed by atoms with Crippen LogP contribution in [0, 0.1) is 0 Å². The van der Waals surface area contributed by atoms with Crippen LogP contribution in [0.4, 0.5) is 0 Å². The number of carbonyl (C=O) groups is 2. The highest BCUT2D eigenvalue weighted by molar-refractivity contribution is 8.00. The van der Waals surface area contributed by atoms with Crippen LogP contribution in [0.1, 0.15) is 23.2 Å². The highest BCUT2D eigenvalue weighted by atomic mass is 32.2. The van der Waals surface area contributed by atoms with Gasteiger partial charge in [-0.25, -0.2) is 8.42 Å². The number of nitrogens with zero attached hydrogens (tertiary/aromatic N) is 3. The van der Waals surface area contributed by atoms with Gasteiger partial charge >= 0.3 is 0 Å². The largest absolute Gasteiger partial charge is 0.342 e. The molecule has 2 amide bonds. The average molecular weight is 480 g/mol. The van der Waals surface area contributed by atoms with Crippen molar-refractivity contribution in [3.05, 3.63) is 47.3 Å². The Morgan fingerprint density at radius 2 is 1.61 bits per heavy atom. The van der Waals surface area contributed by atoms with Crippen LogP contribution in [-0.2, 0) is 14.8 Å². The third-order valence-corrected chi connectivity index (χ3v) is 9.87. The third-order valence-electron chi connectivity index (χ3n) is 5.54. The van der Waals surface area contributed by atoms with Gasteiger partial charge in [0, 0.05) is 44.2 Å². The fraction of sp³-hybridized carbons (Fsp3) is 0.429. The molecule has 1 aromatic heterocycles. The minimum atomic E-state index is -3.50. The maximum Gasteiger partial charge on any atom is 0.255 e. The van der Waals surface area contributed by atoms with E-state index in [1.807, 2.05) is 23.1 Å². The number of thiophene rings is 1. The zero-order chi connectivity index (χ0) is 21.8. The number of sulfonamides is 1. The number of likely N-dealkylation sites (tertiary alicyclic amines) is 1. The summed E-state index contributed by atoms with van der Waals surface area (Å²) in [7, 11) is -3.50. The Balaban J connectivity index is 1.38. The summed E-state index contributed by atoms with van der Waals surface area (Å²) in [6, 6.07) is 10.7. The van der Waals surface area contributed by atoms with E-state index in [0.29, 0.717) is 28.6 Å². The smallest absolute Gasteiger partial charge is 0.255 e. The molecule has 0 unspecified atom stereocenters. The summed E-state index contributed by atoms with van der Waals surface area (Å²) in [5.74, 6) is 0.305. The molecule has 0 radical (unpaired) electrons. The van der Waals surface area contributed by atoms with E-state index in [9.17, 15) is 18.0 Å². The summed E-state index contributed by atoms with van der Waals surface area (Å²) in [5.41, 5.74) is 0.566. The Kier molecular flexibility index (Phi) is 7.00. The summed E-state index contributed by atoms with van der Waals surface area (Å²) >= 11 is 2.60. The molecule has 31 heavy (non-hydrogen) atoms. The molecular weight excluding hydrogens is 454 g/mol. The first kappa shape index (κ1) is 22.3. The van der Waals surface area contributed by atoms with Crippen molar-refractivity contribution in [1.29, 1.82) is 0 Å². The molecule has 0 aliphatic carbocycles. The van der Waals surface area contributed by atoms with Gasteiger partial charge < -0.3 is 9.80 Å². The van der Waals surface area contributed by atoms with E-state index in [0.717, 1.165) is 30.8 Å². The van der Waals surface area contributed by atoms with Crippen molar-refractivity contribution in [2.24, 2.45) is 0 Å². The van der Waals surface area contributed by atoms with E-state index in [-0.39, 0.29) is 24.9 Å². The number of hydrogen-bond acceptors (Lipinski definition) is 6. The van der Waals surface area contributed by atoms with Crippen molar-refractivity contribution in [2.45, 2.75) is 21.9 Å². The van der Waals surface area contributed by atoms with Crippen molar-refractivity contribution in [3.63, 3.8) is 0 Å². The Morgan fingerprint density at radius 1 is 0.903 bits per heavy atom. The number of benzene rings is 1. The van der Waals surface area contributed by atoms with Gasteiger partial charge in [0.05, 0.1) is 11.3 Å². The zero-order valence-corrected chi connectivity index (χ0v) is 19.6. The van der Waals surface area contributed by atoms with Gasteiger partial charge in [0.1, 0.15) is 4.21 Å². The number of rotatable bonds is 6. The molecule has 4 rings (SSSR count). The van der Waals surface area contributed by atoms with E-state index in [4.69, 9.17) is 0 Å². The molecule has 3 heterocycles. The van der Waals surface area contributed by atoms with Gasteiger partial charge in [-0.3, -0.25) is 9.59 Å². The van der Waals surface area contributed by atoms with Gasteiger partial charge in [-0.05, 0) is 36.4 Å². The quantitative estimate of drug-likeness (QED) is 0.595. The molecular formula is C21H25N3O4S3. The topological polar surface area (TPSA) is 78.0 Å². The van der Waals surface area contributed by atoms with E-state index in [1.54, 1.807) is 28.5 Å². The van der Waals surface area contributed by atoms with E-state index >= 15 is 0 Å². The van der Waals surface area contributed by atoms with Gasteiger partial charge in [-0.15, -0.1) is 23.1 Å². The van der Waals surface area contributed by atoms with Gasteiger partial charge in [0.15, 0.2) is 0 Å². The molecule has 0 bridgehead atoms. The molecule has 0 N–H and O–H groups in total.